The third kappa shape index (κ3) is 2.59. The van der Waals surface area contributed by atoms with Gasteiger partial charge < -0.3 is 23.1 Å². The van der Waals surface area contributed by atoms with Gasteiger partial charge in [0, 0.05) is 13.1 Å². The predicted octanol–water partition coefficient (Wildman–Crippen LogP) is 4.21. The van der Waals surface area contributed by atoms with Crippen molar-refractivity contribution in [3.8, 4) is 0 Å². The average Bonchev–Trinajstić information content (AvgIpc) is 3.05. The third-order valence-electron chi connectivity index (χ3n) is 5.69. The van der Waals surface area contributed by atoms with Gasteiger partial charge in [-0.2, -0.15) is 0 Å². The van der Waals surface area contributed by atoms with Gasteiger partial charge in [0.05, 0.1) is 5.52 Å². The van der Waals surface area contributed by atoms with E-state index in [4.69, 9.17) is 13.3 Å². The number of aromatic nitrogens is 2. The maximum Gasteiger partial charge on any atom is 0.265 e. The summed E-state index contributed by atoms with van der Waals surface area (Å²) in [5.74, 6) is 0. The van der Waals surface area contributed by atoms with E-state index in [1.54, 1.807) is 18.2 Å². The Morgan fingerprint density at radius 1 is 0.781 bits per heavy atom. The number of rotatable bonds is 3. The van der Waals surface area contributed by atoms with Crippen LogP contribution in [0.3, 0.4) is 0 Å². The molecule has 0 aliphatic heterocycles. The fourth-order valence-electron chi connectivity index (χ4n) is 4.11. The van der Waals surface area contributed by atoms with Crippen molar-refractivity contribution < 1.29 is 13.3 Å². The second-order valence-electron chi connectivity index (χ2n) is 8.05. The topological polar surface area (TPSA) is 97.5 Å². The van der Waals surface area contributed by atoms with Crippen molar-refractivity contribution >= 4 is 55.3 Å². The van der Waals surface area contributed by atoms with Crippen LogP contribution in [-0.2, 0) is 6.54 Å². The molecule has 0 saturated carbocycles. The quantitative estimate of drug-likeness (QED) is 0.334. The van der Waals surface area contributed by atoms with Crippen LogP contribution in [0.25, 0.3) is 55.3 Å². The van der Waals surface area contributed by atoms with Gasteiger partial charge in [-0.3, -0.25) is 14.2 Å². The number of aromatic amines is 1. The van der Waals surface area contributed by atoms with Gasteiger partial charge in [0.1, 0.15) is 16.3 Å². The lowest BCUT2D eigenvalue weighted by Crippen LogP contribution is -2.30. The number of hydrogen-bond acceptors (Lipinski definition) is 6. The second-order valence-corrected chi connectivity index (χ2v) is 8.05. The summed E-state index contributed by atoms with van der Waals surface area (Å²) >= 11 is 0. The monoisotopic (exact) mass is 429 g/mol. The summed E-state index contributed by atoms with van der Waals surface area (Å²) in [6.45, 7) is 0.794. The zero-order valence-corrected chi connectivity index (χ0v) is 17.5. The average molecular weight is 429 g/mol. The molecule has 0 aliphatic carbocycles. The number of hydrogen-bond donors (Lipinski definition) is 1. The molecule has 6 aromatic rings. The highest BCUT2D eigenvalue weighted by Gasteiger charge is 2.25. The molecule has 6 rings (SSSR count). The van der Waals surface area contributed by atoms with Gasteiger partial charge in [-0.15, -0.1) is 0 Å². The van der Waals surface area contributed by atoms with Crippen LogP contribution >= 0.6 is 0 Å². The Labute approximate surface area is 179 Å². The largest absolute Gasteiger partial charge is 0.452 e. The number of likely N-dealkylation sites (N-methyl/N-ethyl adjacent to an activating group) is 1. The van der Waals surface area contributed by atoms with Gasteiger partial charge in [-0.25, -0.2) is 0 Å². The minimum absolute atomic E-state index is 0.165. The van der Waals surface area contributed by atoms with Crippen LogP contribution in [0.15, 0.2) is 71.4 Å². The molecule has 0 spiro atoms. The number of benzene rings is 3. The zero-order chi connectivity index (χ0) is 22.0. The van der Waals surface area contributed by atoms with E-state index in [0.29, 0.717) is 34.4 Å². The molecule has 0 amide bonds. The Bertz CT molecular complexity index is 1680. The Balaban J connectivity index is 1.88. The lowest BCUT2D eigenvalue weighted by Gasteiger charge is -2.08. The Hall–Kier alpha value is -4.04. The van der Waals surface area contributed by atoms with Gasteiger partial charge in [0.2, 0.25) is 0 Å². The zero-order valence-electron chi connectivity index (χ0n) is 17.5. The minimum atomic E-state index is -0.420. The molecule has 8 nitrogen and oxygen atoms in total. The Kier molecular flexibility index (Phi) is 3.93. The van der Waals surface area contributed by atoms with Crippen molar-refractivity contribution in [2.75, 3.05) is 20.6 Å². The van der Waals surface area contributed by atoms with Crippen LogP contribution in [0.2, 0.25) is 0 Å². The molecular formula is C24H19N3O5. The van der Waals surface area contributed by atoms with Gasteiger partial charge in [0.15, 0.2) is 33.5 Å². The van der Waals surface area contributed by atoms with Crippen molar-refractivity contribution in [3.05, 3.63) is 69.2 Å². The van der Waals surface area contributed by atoms with E-state index in [0.717, 1.165) is 5.52 Å². The summed E-state index contributed by atoms with van der Waals surface area (Å²) in [7, 11) is 3.78. The van der Waals surface area contributed by atoms with Crippen LogP contribution in [0, 0.1) is 0 Å². The molecule has 8 heteroatoms. The molecular weight excluding hydrogens is 410 g/mol. The van der Waals surface area contributed by atoms with Crippen molar-refractivity contribution in [2.45, 2.75) is 6.54 Å². The molecule has 0 radical (unpaired) electrons. The standard InChI is InChI=1S/C24H19N3O5/c1-26(2)11-12-27-23(28)17-18(24(27)29)21-22(32-16-10-6-5-9-15(16)31-21)19-20(17)30-14-8-4-3-7-13(14)25-19/h3-10,25H,11-12H2,1-2H3. The smallest absolute Gasteiger partial charge is 0.265 e. The molecule has 32 heavy (non-hydrogen) atoms. The maximum absolute atomic E-state index is 13.4. The van der Waals surface area contributed by atoms with Crippen LogP contribution in [0.4, 0.5) is 0 Å². The van der Waals surface area contributed by atoms with E-state index in [9.17, 15) is 9.59 Å². The number of nitrogens with zero attached hydrogens (tertiary/aromatic N) is 2. The second kappa shape index (κ2) is 6.73. The Morgan fingerprint density at radius 2 is 1.34 bits per heavy atom. The first-order valence-electron chi connectivity index (χ1n) is 10.3. The van der Waals surface area contributed by atoms with E-state index in [-0.39, 0.29) is 28.5 Å². The lowest BCUT2D eigenvalue weighted by molar-refractivity contribution is 0.380. The molecule has 0 atom stereocenters. The molecule has 0 fully saturated rings. The number of H-pyrrole nitrogens is 1. The van der Waals surface area contributed by atoms with Crippen LogP contribution < -0.4 is 11.1 Å². The fraction of sp³-hybridized carbons (Fsp3) is 0.167. The first-order chi connectivity index (χ1) is 15.5. The molecule has 0 bridgehead atoms. The molecule has 0 saturated heterocycles. The highest BCUT2D eigenvalue weighted by Crippen LogP contribution is 2.35. The van der Waals surface area contributed by atoms with E-state index in [1.165, 1.54) is 4.57 Å². The van der Waals surface area contributed by atoms with Gasteiger partial charge >= 0.3 is 0 Å². The Morgan fingerprint density at radius 3 is 2.03 bits per heavy atom. The summed E-state index contributed by atoms with van der Waals surface area (Å²) in [5.41, 5.74) is 2.73. The van der Waals surface area contributed by atoms with Crippen molar-refractivity contribution in [3.63, 3.8) is 0 Å². The van der Waals surface area contributed by atoms with Crippen LogP contribution in [-0.4, -0.2) is 35.1 Å². The van der Waals surface area contributed by atoms with Crippen molar-refractivity contribution in [1.29, 1.82) is 0 Å². The summed E-state index contributed by atoms with van der Waals surface area (Å²) in [5, 5.41) is 0.352. The van der Waals surface area contributed by atoms with Gasteiger partial charge in [-0.1, -0.05) is 24.3 Å². The SMILES string of the molecule is CN(C)CCn1c(=O)c2c3oc4ccccc4[nH]c3c3oc4ccccc4oc3c2c1=O. The molecule has 3 heterocycles. The minimum Gasteiger partial charge on any atom is -0.452 e. The molecule has 3 aromatic heterocycles. The van der Waals surface area contributed by atoms with E-state index < -0.39 is 11.1 Å². The molecule has 0 unspecified atom stereocenters. The number of fused-ring (bicyclic) bond motifs is 8. The highest BCUT2D eigenvalue weighted by molar-refractivity contribution is 6.19. The van der Waals surface area contributed by atoms with Crippen LogP contribution in [0.5, 0.6) is 0 Å². The van der Waals surface area contributed by atoms with Crippen LogP contribution in [0.1, 0.15) is 0 Å². The first kappa shape index (κ1) is 18.7. The third-order valence-corrected chi connectivity index (χ3v) is 5.69. The molecule has 0 aliphatic rings. The summed E-state index contributed by atoms with van der Waals surface area (Å²) in [6.07, 6.45) is 0. The maximum atomic E-state index is 13.4. The molecule has 160 valence electrons. The van der Waals surface area contributed by atoms with E-state index >= 15 is 0 Å². The van der Waals surface area contributed by atoms with E-state index in [1.807, 2.05) is 49.3 Å². The van der Waals surface area contributed by atoms with Crippen molar-refractivity contribution in [1.82, 2.24) is 14.5 Å². The molecule has 1 N–H and O–H groups in total. The number of nitrogens with one attached hydrogen (secondary N) is 1. The summed E-state index contributed by atoms with van der Waals surface area (Å²) in [4.78, 5) is 32.1. The fourth-order valence-corrected chi connectivity index (χ4v) is 4.11. The van der Waals surface area contributed by atoms with Gasteiger partial charge in [-0.05, 0) is 38.4 Å². The predicted molar refractivity (Wildman–Crippen MR) is 123 cm³/mol. The summed E-state index contributed by atoms with van der Waals surface area (Å²) < 4.78 is 19.7. The number of para-hydroxylation sites is 4. The normalized spacial score (nSPS) is 12.2. The highest BCUT2D eigenvalue weighted by atomic mass is 16.4. The first-order valence-corrected chi connectivity index (χ1v) is 10.3. The van der Waals surface area contributed by atoms with Crippen molar-refractivity contribution in [2.24, 2.45) is 0 Å². The van der Waals surface area contributed by atoms with Gasteiger partial charge in [0.25, 0.3) is 11.1 Å². The molecule has 3 aromatic carbocycles. The lowest BCUT2D eigenvalue weighted by atomic mass is 10.1. The summed E-state index contributed by atoms with van der Waals surface area (Å²) in [6, 6.07) is 14.6. The van der Waals surface area contributed by atoms with E-state index in [2.05, 4.69) is 4.98 Å².